The Hall–Kier alpha value is -2.24. The van der Waals surface area contributed by atoms with E-state index in [1.807, 2.05) is 24.3 Å². The number of fused-ring (bicyclic) bond motifs is 1. The van der Waals surface area contributed by atoms with Gasteiger partial charge in [-0.25, -0.2) is 8.42 Å². The molecule has 0 spiro atoms. The average Bonchev–Trinajstić information content (AvgIpc) is 2.60. The van der Waals surface area contributed by atoms with Crippen LogP contribution in [-0.2, 0) is 10.0 Å². The van der Waals surface area contributed by atoms with Crippen molar-refractivity contribution < 1.29 is 13.2 Å². The maximum absolute atomic E-state index is 12.9. The molecule has 0 saturated carbocycles. The van der Waals surface area contributed by atoms with Gasteiger partial charge in [-0.2, -0.15) is 0 Å². The maximum Gasteiger partial charge on any atom is 0.264 e. The number of anilines is 1. The summed E-state index contributed by atoms with van der Waals surface area (Å²) in [5.74, 6) is 0.497. The first-order valence-electron chi connectivity index (χ1n) is 7.25. The summed E-state index contributed by atoms with van der Waals surface area (Å²) < 4.78 is 32.1. The highest BCUT2D eigenvalue weighted by Gasteiger charge is 2.22. The summed E-state index contributed by atoms with van der Waals surface area (Å²) in [5, 5.41) is 2.22. The Kier molecular flexibility index (Phi) is 4.39. The monoisotopic (exact) mass is 361 g/mol. The molecular formula is C18H16ClNO3S. The molecule has 3 aromatic carbocycles. The van der Waals surface area contributed by atoms with Crippen LogP contribution in [0.25, 0.3) is 10.8 Å². The minimum atomic E-state index is -3.69. The quantitative estimate of drug-likeness (QED) is 0.695. The minimum absolute atomic E-state index is 0.232. The molecule has 0 aliphatic heterocycles. The Morgan fingerprint density at radius 2 is 1.67 bits per heavy atom. The van der Waals surface area contributed by atoms with Crippen LogP contribution in [0.1, 0.15) is 0 Å². The lowest BCUT2D eigenvalue weighted by Crippen LogP contribution is -2.26. The van der Waals surface area contributed by atoms with Crippen LogP contribution in [0.3, 0.4) is 0 Å². The van der Waals surface area contributed by atoms with Crippen molar-refractivity contribution in [1.82, 2.24) is 0 Å². The zero-order chi connectivity index (χ0) is 17.3. The van der Waals surface area contributed by atoms with E-state index in [1.165, 1.54) is 18.5 Å². The van der Waals surface area contributed by atoms with Crippen molar-refractivity contribution in [3.05, 3.63) is 65.7 Å². The molecule has 3 rings (SSSR count). The van der Waals surface area contributed by atoms with Crippen molar-refractivity contribution >= 4 is 38.1 Å². The van der Waals surface area contributed by atoms with Crippen molar-refractivity contribution in [2.75, 3.05) is 18.5 Å². The number of ether oxygens (including phenoxy) is 1. The Balaban J connectivity index is 2.03. The molecule has 0 aromatic heterocycles. The van der Waals surface area contributed by atoms with E-state index in [4.69, 9.17) is 16.3 Å². The van der Waals surface area contributed by atoms with Crippen LogP contribution < -0.4 is 9.04 Å². The van der Waals surface area contributed by atoms with Gasteiger partial charge in [-0.15, -0.1) is 0 Å². The van der Waals surface area contributed by atoms with Gasteiger partial charge in [0.1, 0.15) is 5.75 Å². The van der Waals surface area contributed by atoms with Crippen LogP contribution in [0.2, 0.25) is 5.02 Å². The fourth-order valence-corrected chi connectivity index (χ4v) is 3.95. The number of methoxy groups -OCH3 is 1. The lowest BCUT2D eigenvalue weighted by Gasteiger charge is -2.20. The molecule has 0 bridgehead atoms. The third kappa shape index (κ3) is 2.92. The van der Waals surface area contributed by atoms with Crippen LogP contribution in [0.15, 0.2) is 65.6 Å². The zero-order valence-electron chi connectivity index (χ0n) is 13.2. The van der Waals surface area contributed by atoms with E-state index in [1.54, 1.807) is 36.4 Å². The molecule has 0 fully saturated rings. The topological polar surface area (TPSA) is 46.6 Å². The second kappa shape index (κ2) is 6.34. The van der Waals surface area contributed by atoms with E-state index in [2.05, 4.69) is 0 Å². The van der Waals surface area contributed by atoms with E-state index in [9.17, 15) is 8.42 Å². The predicted molar refractivity (Wildman–Crippen MR) is 97.5 cm³/mol. The van der Waals surface area contributed by atoms with Crippen molar-refractivity contribution in [2.24, 2.45) is 0 Å². The number of rotatable bonds is 4. The first-order chi connectivity index (χ1) is 11.4. The van der Waals surface area contributed by atoms with Crippen molar-refractivity contribution in [2.45, 2.75) is 4.90 Å². The zero-order valence-corrected chi connectivity index (χ0v) is 14.8. The molecule has 0 radical (unpaired) electrons. The van der Waals surface area contributed by atoms with Gasteiger partial charge in [0.25, 0.3) is 10.0 Å². The van der Waals surface area contributed by atoms with Crippen LogP contribution in [-0.4, -0.2) is 22.6 Å². The molecule has 0 saturated heterocycles. The summed E-state index contributed by atoms with van der Waals surface area (Å²) in [4.78, 5) is 0.232. The normalized spacial score (nSPS) is 11.5. The summed E-state index contributed by atoms with van der Waals surface area (Å²) in [5.41, 5.74) is 0.467. The molecule has 0 amide bonds. The summed E-state index contributed by atoms with van der Waals surface area (Å²) in [6, 6.07) is 17.6. The summed E-state index contributed by atoms with van der Waals surface area (Å²) >= 11 is 6.10. The van der Waals surface area contributed by atoms with Gasteiger partial charge < -0.3 is 4.74 Å². The Labute approximate surface area is 146 Å². The largest absolute Gasteiger partial charge is 0.495 e. The maximum atomic E-state index is 12.9. The van der Waals surface area contributed by atoms with E-state index >= 15 is 0 Å². The fourth-order valence-electron chi connectivity index (χ4n) is 2.48. The molecular weight excluding hydrogens is 346 g/mol. The van der Waals surface area contributed by atoms with Gasteiger partial charge >= 0.3 is 0 Å². The molecule has 0 aliphatic carbocycles. The summed E-state index contributed by atoms with van der Waals surface area (Å²) in [7, 11) is -0.673. The standard InChI is InChI=1S/C18H16ClNO3S/c1-20(15-8-10-18(23-2)17(19)12-15)24(21,22)16-9-7-13-5-3-4-6-14(13)11-16/h3-12H,1-2H3. The third-order valence-electron chi connectivity index (χ3n) is 3.88. The second-order valence-corrected chi connectivity index (χ2v) is 7.68. The highest BCUT2D eigenvalue weighted by molar-refractivity contribution is 7.92. The number of nitrogens with zero attached hydrogens (tertiary/aromatic N) is 1. The number of halogens is 1. The highest BCUT2D eigenvalue weighted by atomic mass is 35.5. The summed E-state index contributed by atoms with van der Waals surface area (Å²) in [6.07, 6.45) is 0. The molecule has 0 unspecified atom stereocenters. The van der Waals surface area contributed by atoms with E-state index in [-0.39, 0.29) is 4.90 Å². The fraction of sp³-hybridized carbons (Fsp3) is 0.111. The van der Waals surface area contributed by atoms with Gasteiger partial charge in [0.05, 0.1) is 22.7 Å². The van der Waals surface area contributed by atoms with Crippen LogP contribution >= 0.6 is 11.6 Å². The Morgan fingerprint density at radius 3 is 2.33 bits per heavy atom. The first-order valence-corrected chi connectivity index (χ1v) is 9.06. The number of benzene rings is 3. The van der Waals surface area contributed by atoms with Gasteiger partial charge in [-0.1, -0.05) is 41.9 Å². The molecule has 0 atom stereocenters. The molecule has 0 N–H and O–H groups in total. The van der Waals surface area contributed by atoms with E-state index in [0.717, 1.165) is 10.8 Å². The third-order valence-corrected chi connectivity index (χ3v) is 5.96. The Bertz CT molecular complexity index is 1000. The van der Waals surface area contributed by atoms with Gasteiger partial charge in [-0.3, -0.25) is 4.31 Å². The molecule has 6 heteroatoms. The van der Waals surface area contributed by atoms with Crippen LogP contribution in [0, 0.1) is 0 Å². The van der Waals surface area contributed by atoms with Gasteiger partial charge in [0.15, 0.2) is 0 Å². The minimum Gasteiger partial charge on any atom is -0.495 e. The van der Waals surface area contributed by atoms with Crippen molar-refractivity contribution in [1.29, 1.82) is 0 Å². The smallest absolute Gasteiger partial charge is 0.264 e. The first kappa shape index (κ1) is 16.6. The van der Waals surface area contributed by atoms with Crippen molar-refractivity contribution in [3.63, 3.8) is 0 Å². The van der Waals surface area contributed by atoms with Crippen molar-refractivity contribution in [3.8, 4) is 5.75 Å². The predicted octanol–water partition coefficient (Wildman–Crippen LogP) is 4.33. The second-order valence-electron chi connectivity index (χ2n) is 5.30. The van der Waals surface area contributed by atoms with Gasteiger partial charge in [0, 0.05) is 7.05 Å². The van der Waals surface area contributed by atoms with Gasteiger partial charge in [-0.05, 0) is 41.1 Å². The van der Waals surface area contributed by atoms with Crippen LogP contribution in [0.4, 0.5) is 5.69 Å². The molecule has 3 aromatic rings. The molecule has 4 nitrogen and oxygen atoms in total. The lowest BCUT2D eigenvalue weighted by molar-refractivity contribution is 0.415. The highest BCUT2D eigenvalue weighted by Crippen LogP contribution is 2.31. The molecule has 0 aliphatic rings. The number of hydrogen-bond acceptors (Lipinski definition) is 3. The SMILES string of the molecule is COc1ccc(N(C)S(=O)(=O)c2ccc3ccccc3c2)cc1Cl. The lowest BCUT2D eigenvalue weighted by atomic mass is 10.1. The van der Waals surface area contributed by atoms with E-state index in [0.29, 0.717) is 16.5 Å². The van der Waals surface area contributed by atoms with Crippen LogP contribution in [0.5, 0.6) is 5.75 Å². The average molecular weight is 362 g/mol. The Morgan fingerprint density at radius 1 is 0.958 bits per heavy atom. The van der Waals surface area contributed by atoms with E-state index < -0.39 is 10.0 Å². The molecule has 24 heavy (non-hydrogen) atoms. The number of hydrogen-bond donors (Lipinski definition) is 0. The molecule has 124 valence electrons. The summed E-state index contributed by atoms with van der Waals surface area (Å²) in [6.45, 7) is 0. The molecule has 0 heterocycles. The number of sulfonamides is 1. The van der Waals surface area contributed by atoms with Gasteiger partial charge in [0.2, 0.25) is 0 Å².